The number of amides is 1. The van der Waals surface area contributed by atoms with E-state index in [2.05, 4.69) is 22.7 Å². The van der Waals surface area contributed by atoms with Gasteiger partial charge in [0.05, 0.1) is 11.8 Å². The molecule has 3 rings (SSSR count). The van der Waals surface area contributed by atoms with Crippen molar-refractivity contribution in [2.75, 3.05) is 0 Å². The van der Waals surface area contributed by atoms with E-state index >= 15 is 0 Å². The van der Waals surface area contributed by atoms with Gasteiger partial charge in [0.2, 0.25) is 0 Å². The fraction of sp³-hybridized carbons (Fsp3) is 0.0500. The summed E-state index contributed by atoms with van der Waals surface area (Å²) in [5, 5.41) is 3.98. The van der Waals surface area contributed by atoms with Crippen molar-refractivity contribution in [2.24, 2.45) is 5.10 Å². The second-order valence-electron chi connectivity index (χ2n) is 5.35. The first-order valence-electron chi connectivity index (χ1n) is 7.73. The normalized spacial score (nSPS) is 10.7. The Hall–Kier alpha value is -3.27. The molecule has 0 unspecified atom stereocenters. The van der Waals surface area contributed by atoms with E-state index in [0.29, 0.717) is 5.56 Å². The van der Waals surface area contributed by atoms with Gasteiger partial charge in [0.15, 0.2) is 18.9 Å². The second kappa shape index (κ2) is 7.83. The number of aromatic nitrogens is 1. The molecule has 2 aromatic carbocycles. The molecule has 1 heterocycles. The average molecular weight is 316 g/mol. The number of hydrazone groups is 1. The number of carbonyl (C=O) groups is 1. The highest BCUT2D eigenvalue weighted by Crippen LogP contribution is 1.99. The fourth-order valence-electron chi connectivity index (χ4n) is 2.28. The van der Waals surface area contributed by atoms with Crippen LogP contribution in [0.5, 0.6) is 0 Å². The van der Waals surface area contributed by atoms with Gasteiger partial charge in [-0.05, 0) is 5.56 Å². The first kappa shape index (κ1) is 15.6. The van der Waals surface area contributed by atoms with Gasteiger partial charge in [-0.25, -0.2) is 9.99 Å². The lowest BCUT2D eigenvalue weighted by molar-refractivity contribution is -0.688. The zero-order valence-electron chi connectivity index (χ0n) is 13.2. The molecule has 0 aliphatic rings. The molecule has 0 saturated carbocycles. The largest absolute Gasteiger partial charge is 0.271 e. The summed E-state index contributed by atoms with van der Waals surface area (Å²) in [5.41, 5.74) is 5.26. The Morgan fingerprint density at radius 3 is 2.21 bits per heavy atom. The number of nitrogens with one attached hydrogen (secondary N) is 1. The van der Waals surface area contributed by atoms with Gasteiger partial charge in [-0.2, -0.15) is 5.10 Å². The van der Waals surface area contributed by atoms with Crippen LogP contribution in [-0.4, -0.2) is 12.1 Å². The van der Waals surface area contributed by atoms with Crippen molar-refractivity contribution in [2.45, 2.75) is 6.54 Å². The van der Waals surface area contributed by atoms with Crippen molar-refractivity contribution in [3.05, 3.63) is 102 Å². The molecular formula is C20H18N3O+. The van der Waals surface area contributed by atoms with Gasteiger partial charge in [-0.1, -0.05) is 60.7 Å². The minimum absolute atomic E-state index is 0.228. The van der Waals surface area contributed by atoms with Crippen LogP contribution in [0.1, 0.15) is 21.5 Å². The third kappa shape index (κ3) is 4.36. The summed E-state index contributed by atoms with van der Waals surface area (Å²) in [4.78, 5) is 12.1. The maximum absolute atomic E-state index is 12.1. The molecule has 0 aliphatic heterocycles. The minimum Gasteiger partial charge on any atom is -0.267 e. The van der Waals surface area contributed by atoms with E-state index in [1.54, 1.807) is 18.3 Å². The highest BCUT2D eigenvalue weighted by Gasteiger charge is 2.07. The van der Waals surface area contributed by atoms with Crippen LogP contribution >= 0.6 is 0 Å². The maximum Gasteiger partial charge on any atom is 0.271 e. The summed E-state index contributed by atoms with van der Waals surface area (Å²) >= 11 is 0. The molecule has 3 aromatic rings. The van der Waals surface area contributed by atoms with E-state index in [1.165, 1.54) is 5.56 Å². The third-order valence-electron chi connectivity index (χ3n) is 3.54. The molecule has 1 N–H and O–H groups in total. The molecule has 1 amide bonds. The summed E-state index contributed by atoms with van der Waals surface area (Å²) in [5.74, 6) is -0.228. The molecule has 4 nitrogen and oxygen atoms in total. The SMILES string of the molecule is O=C(N/N=C\c1ccccc1)c1cc[n+](Cc2ccccc2)cc1. The lowest BCUT2D eigenvalue weighted by Crippen LogP contribution is -2.33. The number of carbonyl (C=O) groups excluding carboxylic acids is 1. The highest BCUT2D eigenvalue weighted by atomic mass is 16.2. The number of hydrogen-bond acceptors (Lipinski definition) is 2. The topological polar surface area (TPSA) is 45.3 Å². The van der Waals surface area contributed by atoms with Crippen LogP contribution in [0.4, 0.5) is 0 Å². The van der Waals surface area contributed by atoms with Crippen molar-refractivity contribution < 1.29 is 9.36 Å². The quantitative estimate of drug-likeness (QED) is 0.439. The molecule has 0 fully saturated rings. The molecule has 1 aromatic heterocycles. The highest BCUT2D eigenvalue weighted by molar-refractivity contribution is 5.94. The Morgan fingerprint density at radius 2 is 1.54 bits per heavy atom. The van der Waals surface area contributed by atoms with Crippen molar-refractivity contribution >= 4 is 12.1 Å². The van der Waals surface area contributed by atoms with Crippen LogP contribution in [0.25, 0.3) is 0 Å². The van der Waals surface area contributed by atoms with Crippen LogP contribution in [0.15, 0.2) is 90.3 Å². The van der Waals surface area contributed by atoms with Crippen LogP contribution in [-0.2, 0) is 6.54 Å². The van der Waals surface area contributed by atoms with Gasteiger partial charge in [-0.3, -0.25) is 4.79 Å². The lowest BCUT2D eigenvalue weighted by atomic mass is 10.2. The summed E-state index contributed by atoms with van der Waals surface area (Å²) in [7, 11) is 0. The van der Waals surface area contributed by atoms with Gasteiger partial charge < -0.3 is 0 Å². The molecule has 0 spiro atoms. The molecule has 0 aliphatic carbocycles. The smallest absolute Gasteiger partial charge is 0.267 e. The second-order valence-corrected chi connectivity index (χ2v) is 5.35. The fourth-order valence-corrected chi connectivity index (χ4v) is 2.28. The van der Waals surface area contributed by atoms with Crippen molar-refractivity contribution in [3.63, 3.8) is 0 Å². The average Bonchev–Trinajstić information content (AvgIpc) is 2.64. The van der Waals surface area contributed by atoms with Gasteiger partial charge in [0.25, 0.3) is 5.91 Å². The van der Waals surface area contributed by atoms with Gasteiger partial charge >= 0.3 is 0 Å². The zero-order chi connectivity index (χ0) is 16.6. The standard InChI is InChI=1S/C20H17N3O/c24-20(22-21-15-17-7-3-1-4-8-17)19-11-13-23(14-12-19)16-18-9-5-2-6-10-18/h1-15H,16H2/p+1. The number of benzene rings is 2. The molecule has 0 bridgehead atoms. The lowest BCUT2D eigenvalue weighted by Gasteiger charge is -2.00. The van der Waals surface area contributed by atoms with E-state index in [9.17, 15) is 4.79 Å². The van der Waals surface area contributed by atoms with E-state index < -0.39 is 0 Å². The Balaban J connectivity index is 1.58. The number of nitrogens with zero attached hydrogens (tertiary/aromatic N) is 2. The molecule has 118 valence electrons. The van der Waals surface area contributed by atoms with E-state index in [-0.39, 0.29) is 5.91 Å². The predicted octanol–water partition coefficient (Wildman–Crippen LogP) is 2.79. The monoisotopic (exact) mass is 316 g/mol. The molecular weight excluding hydrogens is 298 g/mol. The Kier molecular flexibility index (Phi) is 5.10. The number of rotatable bonds is 5. The van der Waals surface area contributed by atoms with Crippen LogP contribution in [0.2, 0.25) is 0 Å². The summed E-state index contributed by atoms with van der Waals surface area (Å²) in [6.07, 6.45) is 5.40. The van der Waals surface area contributed by atoms with Crippen molar-refractivity contribution in [1.82, 2.24) is 5.43 Å². The molecule has 0 saturated heterocycles. The Bertz CT molecular complexity index is 813. The van der Waals surface area contributed by atoms with E-state index in [0.717, 1.165) is 12.1 Å². The first-order valence-corrected chi connectivity index (χ1v) is 7.73. The molecule has 4 heteroatoms. The molecule has 0 atom stereocenters. The van der Waals surface area contributed by atoms with Crippen LogP contribution in [0, 0.1) is 0 Å². The summed E-state index contributed by atoms with van der Waals surface area (Å²) in [6, 6.07) is 23.4. The van der Waals surface area contributed by atoms with Crippen LogP contribution in [0.3, 0.4) is 0 Å². The molecule has 24 heavy (non-hydrogen) atoms. The summed E-state index contributed by atoms with van der Waals surface area (Å²) in [6.45, 7) is 0.773. The number of pyridine rings is 1. The number of hydrogen-bond donors (Lipinski definition) is 1. The van der Waals surface area contributed by atoms with Gasteiger partial charge in [-0.15, -0.1) is 0 Å². The van der Waals surface area contributed by atoms with Gasteiger partial charge in [0.1, 0.15) is 0 Å². The predicted molar refractivity (Wildman–Crippen MR) is 93.7 cm³/mol. The van der Waals surface area contributed by atoms with E-state index in [1.807, 2.05) is 65.5 Å². The Morgan fingerprint density at radius 1 is 0.917 bits per heavy atom. The maximum atomic E-state index is 12.1. The Labute approximate surface area is 141 Å². The van der Waals surface area contributed by atoms with Crippen molar-refractivity contribution in [1.29, 1.82) is 0 Å². The van der Waals surface area contributed by atoms with E-state index in [4.69, 9.17) is 0 Å². The van der Waals surface area contributed by atoms with Crippen molar-refractivity contribution in [3.8, 4) is 0 Å². The van der Waals surface area contributed by atoms with Gasteiger partial charge in [0, 0.05) is 17.7 Å². The first-order chi connectivity index (χ1) is 11.8. The molecule has 0 radical (unpaired) electrons. The minimum atomic E-state index is -0.228. The third-order valence-corrected chi connectivity index (χ3v) is 3.54. The zero-order valence-corrected chi connectivity index (χ0v) is 13.2. The summed E-state index contributed by atoms with van der Waals surface area (Å²) < 4.78 is 2.03. The van der Waals surface area contributed by atoms with Crippen LogP contribution < -0.4 is 9.99 Å².